The second kappa shape index (κ2) is 8.61. The van der Waals surface area contributed by atoms with Crippen LogP contribution in [0.1, 0.15) is 72.4 Å². The van der Waals surface area contributed by atoms with E-state index in [1.165, 1.54) is 4.90 Å². The third-order valence-corrected chi connectivity index (χ3v) is 5.58. The maximum Gasteiger partial charge on any atom is 0.278 e. The molecule has 0 atom stereocenters. The maximum atomic E-state index is 13.0. The summed E-state index contributed by atoms with van der Waals surface area (Å²) in [5, 5.41) is 18.3. The number of carbonyl (C=O) groups excluding carboxylic acids is 2. The van der Waals surface area contributed by atoms with E-state index in [0.717, 1.165) is 0 Å². The monoisotopic (exact) mass is 410 g/mol. The van der Waals surface area contributed by atoms with Crippen molar-refractivity contribution in [2.75, 3.05) is 0 Å². The molecule has 0 saturated carbocycles. The van der Waals surface area contributed by atoms with Crippen LogP contribution in [0.2, 0.25) is 0 Å². The van der Waals surface area contributed by atoms with Gasteiger partial charge >= 0.3 is 0 Å². The first-order chi connectivity index (χ1) is 14.4. The van der Waals surface area contributed by atoms with Crippen LogP contribution in [0.5, 0.6) is 5.88 Å². The lowest BCUT2D eigenvalue weighted by Gasteiger charge is -2.23. The normalized spacial score (nSPS) is 13.7. The summed E-state index contributed by atoms with van der Waals surface area (Å²) in [7, 11) is 0. The number of azo groups is 1. The molecule has 0 fully saturated rings. The standard InChI is InChI=1S/C22H26N4O4/c1-5-12(6-2)26-21(29)15-10-9-11-16(17(15)22(26)30)24-25-18-13(7-3)14(8-4)19(27)23-20(18)28/h9-12H,5-8H2,1-4H3,(H2,23,27,28). The summed E-state index contributed by atoms with van der Waals surface area (Å²) in [6.45, 7) is 7.61. The average molecular weight is 410 g/mol. The molecule has 1 aromatic heterocycles. The molecule has 0 radical (unpaired) electrons. The zero-order valence-corrected chi connectivity index (χ0v) is 17.7. The molecule has 0 unspecified atom stereocenters. The van der Waals surface area contributed by atoms with Gasteiger partial charge in [-0.2, -0.15) is 0 Å². The lowest BCUT2D eigenvalue weighted by molar-refractivity contribution is 0.0576. The first-order valence-corrected chi connectivity index (χ1v) is 10.3. The molecular formula is C22H26N4O4. The number of H-pyrrole nitrogens is 1. The summed E-state index contributed by atoms with van der Waals surface area (Å²) in [6, 6.07) is 4.68. The molecule has 0 aliphatic carbocycles. The highest BCUT2D eigenvalue weighted by Gasteiger charge is 2.40. The van der Waals surface area contributed by atoms with Crippen molar-refractivity contribution in [3.05, 3.63) is 50.8 Å². The molecule has 2 heterocycles. The zero-order chi connectivity index (χ0) is 22.0. The summed E-state index contributed by atoms with van der Waals surface area (Å²) in [5.41, 5.74) is 1.51. The van der Waals surface area contributed by atoms with Gasteiger partial charge in [0.25, 0.3) is 17.4 Å². The van der Waals surface area contributed by atoms with Crippen LogP contribution >= 0.6 is 0 Å². The van der Waals surface area contributed by atoms with Gasteiger partial charge in [-0.1, -0.05) is 33.8 Å². The quantitative estimate of drug-likeness (QED) is 0.520. The Balaban J connectivity index is 2.09. The molecule has 2 N–H and O–H groups in total. The minimum absolute atomic E-state index is 0.0957. The van der Waals surface area contributed by atoms with Gasteiger partial charge in [-0.05, 0) is 43.4 Å². The Morgan fingerprint density at radius 3 is 2.23 bits per heavy atom. The van der Waals surface area contributed by atoms with Gasteiger partial charge in [0.15, 0.2) is 11.6 Å². The lowest BCUT2D eigenvalue weighted by atomic mass is 10.0. The number of aromatic hydroxyl groups is 1. The number of hydrogen-bond acceptors (Lipinski definition) is 6. The van der Waals surface area contributed by atoms with E-state index < -0.39 is 5.56 Å². The van der Waals surface area contributed by atoms with Gasteiger partial charge in [-0.25, -0.2) is 0 Å². The highest BCUT2D eigenvalue weighted by atomic mass is 16.3. The molecule has 1 aliphatic heterocycles. The topological polar surface area (TPSA) is 115 Å². The maximum absolute atomic E-state index is 13.0. The number of imide groups is 1. The van der Waals surface area contributed by atoms with Crippen molar-refractivity contribution in [2.45, 2.75) is 59.4 Å². The van der Waals surface area contributed by atoms with Gasteiger partial charge < -0.3 is 5.11 Å². The fourth-order valence-electron chi connectivity index (χ4n) is 3.99. The molecule has 0 bridgehead atoms. The van der Waals surface area contributed by atoms with Crippen molar-refractivity contribution in [3.8, 4) is 5.88 Å². The smallest absolute Gasteiger partial charge is 0.278 e. The van der Waals surface area contributed by atoms with Crippen LogP contribution in [0.15, 0.2) is 33.2 Å². The van der Waals surface area contributed by atoms with E-state index in [0.29, 0.717) is 42.4 Å². The van der Waals surface area contributed by atoms with Crippen molar-refractivity contribution in [1.29, 1.82) is 0 Å². The minimum Gasteiger partial charge on any atom is -0.494 e. The Hall–Kier alpha value is -3.29. The van der Waals surface area contributed by atoms with Gasteiger partial charge in [0, 0.05) is 11.6 Å². The molecule has 30 heavy (non-hydrogen) atoms. The van der Waals surface area contributed by atoms with Crippen LogP contribution in [0.3, 0.4) is 0 Å². The summed E-state index contributed by atoms with van der Waals surface area (Å²) in [6.07, 6.45) is 2.34. The third kappa shape index (κ3) is 3.42. The molecular weight excluding hydrogens is 384 g/mol. The van der Waals surface area contributed by atoms with Crippen LogP contribution < -0.4 is 5.56 Å². The largest absolute Gasteiger partial charge is 0.494 e. The molecule has 0 saturated heterocycles. The minimum atomic E-state index is -0.557. The van der Waals surface area contributed by atoms with Crippen molar-refractivity contribution in [2.24, 2.45) is 10.2 Å². The number of rotatable bonds is 7. The molecule has 158 valence electrons. The van der Waals surface area contributed by atoms with Crippen molar-refractivity contribution < 1.29 is 14.7 Å². The van der Waals surface area contributed by atoms with Gasteiger partial charge in [-0.3, -0.25) is 24.3 Å². The molecule has 0 spiro atoms. The van der Waals surface area contributed by atoms with E-state index in [1.54, 1.807) is 18.2 Å². The summed E-state index contributed by atoms with van der Waals surface area (Å²) in [4.78, 5) is 41.9. The Morgan fingerprint density at radius 1 is 0.967 bits per heavy atom. The average Bonchev–Trinajstić information content (AvgIpc) is 2.99. The molecule has 2 aromatic rings. The summed E-state index contributed by atoms with van der Waals surface area (Å²) >= 11 is 0. The van der Waals surface area contributed by atoms with Crippen LogP contribution in [-0.2, 0) is 12.8 Å². The second-order valence-corrected chi connectivity index (χ2v) is 7.17. The third-order valence-electron chi connectivity index (χ3n) is 5.58. The van der Waals surface area contributed by atoms with Gasteiger partial charge in [0.2, 0.25) is 0 Å². The van der Waals surface area contributed by atoms with Crippen LogP contribution in [0.25, 0.3) is 0 Å². The highest BCUT2D eigenvalue weighted by molar-refractivity contribution is 6.23. The number of hydrogen-bond donors (Lipinski definition) is 2. The molecule has 8 nitrogen and oxygen atoms in total. The number of pyridine rings is 1. The second-order valence-electron chi connectivity index (χ2n) is 7.17. The predicted molar refractivity (Wildman–Crippen MR) is 113 cm³/mol. The molecule has 8 heteroatoms. The number of aromatic nitrogens is 1. The highest BCUT2D eigenvalue weighted by Crippen LogP contribution is 2.35. The van der Waals surface area contributed by atoms with Crippen LogP contribution in [0, 0.1) is 0 Å². The fraction of sp³-hybridized carbons (Fsp3) is 0.409. The first kappa shape index (κ1) is 21.4. The van der Waals surface area contributed by atoms with Gasteiger partial charge in [-0.15, -0.1) is 10.2 Å². The number of aromatic amines is 1. The van der Waals surface area contributed by atoms with Crippen molar-refractivity contribution in [3.63, 3.8) is 0 Å². The van der Waals surface area contributed by atoms with Gasteiger partial charge in [0.1, 0.15) is 0 Å². The number of nitrogens with one attached hydrogen (secondary N) is 1. The zero-order valence-electron chi connectivity index (χ0n) is 17.7. The number of fused-ring (bicyclic) bond motifs is 1. The van der Waals surface area contributed by atoms with Gasteiger partial charge in [0.05, 0.1) is 16.8 Å². The Bertz CT molecular complexity index is 1080. The Labute approximate surface area is 174 Å². The van der Waals surface area contributed by atoms with E-state index in [2.05, 4.69) is 15.2 Å². The summed E-state index contributed by atoms with van der Waals surface area (Å²) in [5.74, 6) is -0.880. The fourth-order valence-corrected chi connectivity index (χ4v) is 3.99. The van der Waals surface area contributed by atoms with E-state index in [1.807, 2.05) is 27.7 Å². The van der Waals surface area contributed by atoms with Crippen LogP contribution in [0.4, 0.5) is 11.4 Å². The number of benzene rings is 1. The van der Waals surface area contributed by atoms with Crippen LogP contribution in [-0.4, -0.2) is 32.8 Å². The number of amides is 2. The van der Waals surface area contributed by atoms with E-state index >= 15 is 0 Å². The lowest BCUT2D eigenvalue weighted by Crippen LogP contribution is -2.39. The Morgan fingerprint density at radius 2 is 1.63 bits per heavy atom. The van der Waals surface area contributed by atoms with E-state index in [4.69, 9.17) is 0 Å². The first-order valence-electron chi connectivity index (χ1n) is 10.3. The number of carbonyl (C=O) groups is 2. The van der Waals surface area contributed by atoms with E-state index in [9.17, 15) is 19.5 Å². The van der Waals surface area contributed by atoms with Crippen molar-refractivity contribution in [1.82, 2.24) is 9.88 Å². The Kier molecular flexibility index (Phi) is 6.14. The molecule has 2 amide bonds. The number of nitrogens with zero attached hydrogens (tertiary/aromatic N) is 3. The SMILES string of the molecule is CCc1c(O)[nH]c(=O)c(N=Nc2cccc3c2C(=O)N(C(CC)CC)C3=O)c1CC. The van der Waals surface area contributed by atoms with E-state index in [-0.39, 0.29) is 40.7 Å². The molecule has 1 aliphatic rings. The molecule has 3 rings (SSSR count). The molecule has 1 aromatic carbocycles. The summed E-state index contributed by atoms with van der Waals surface area (Å²) < 4.78 is 0. The van der Waals surface area contributed by atoms with Crippen molar-refractivity contribution >= 4 is 23.2 Å². The predicted octanol–water partition coefficient (Wildman–Crippen LogP) is 4.41.